The van der Waals surface area contributed by atoms with Crippen molar-refractivity contribution in [3.63, 3.8) is 0 Å². The molecule has 0 aromatic heterocycles. The van der Waals surface area contributed by atoms with E-state index in [1.165, 1.54) is 19.3 Å². The molecule has 0 bridgehead atoms. The first-order valence-electron chi connectivity index (χ1n) is 4.09. The van der Waals surface area contributed by atoms with Crippen molar-refractivity contribution < 1.29 is 0 Å². The molecule has 2 nitrogen and oxygen atoms in total. The second-order valence-electron chi connectivity index (χ2n) is 2.28. The molecular formula is C8H20N2S. The molecule has 0 rings (SSSR count). The molecule has 0 aromatic rings. The van der Waals surface area contributed by atoms with E-state index >= 15 is 0 Å². The second-order valence-corrected chi connectivity index (χ2v) is 2.51. The lowest BCUT2D eigenvalue weighted by Crippen LogP contribution is -2.10. The highest BCUT2D eigenvalue weighted by Crippen LogP contribution is 1.89. The highest BCUT2D eigenvalue weighted by Gasteiger charge is 1.80. The van der Waals surface area contributed by atoms with Crippen molar-refractivity contribution in [2.45, 2.75) is 26.2 Å². The minimum Gasteiger partial charge on any atom is -0.382 e. The molecule has 11 heavy (non-hydrogen) atoms. The first-order valence-corrected chi connectivity index (χ1v) is 4.56. The summed E-state index contributed by atoms with van der Waals surface area (Å²) in [7, 11) is 3.75. The largest absolute Gasteiger partial charge is 0.382 e. The van der Waals surface area contributed by atoms with Crippen LogP contribution in [-0.4, -0.2) is 26.1 Å². The molecular weight excluding hydrogens is 156 g/mol. The van der Waals surface area contributed by atoms with Crippen LogP contribution < -0.4 is 10.6 Å². The monoisotopic (exact) mass is 176 g/mol. The van der Waals surface area contributed by atoms with Crippen LogP contribution in [0.2, 0.25) is 0 Å². The molecule has 68 valence electrons. The Morgan fingerprint density at radius 1 is 1.27 bits per heavy atom. The molecule has 0 aromatic carbocycles. The summed E-state index contributed by atoms with van der Waals surface area (Å²) in [5, 5.41) is 5.72. The predicted molar refractivity (Wildman–Crippen MR) is 56.2 cm³/mol. The van der Waals surface area contributed by atoms with E-state index in [4.69, 9.17) is 0 Å². The molecule has 0 fully saturated rings. The summed E-state index contributed by atoms with van der Waals surface area (Å²) in [4.78, 5) is 0. The highest BCUT2D eigenvalue weighted by molar-refractivity contribution is 7.78. The summed E-state index contributed by atoms with van der Waals surface area (Å²) in [6.07, 6.45) is 3.82. The van der Waals surface area contributed by atoms with Crippen molar-refractivity contribution in [2.75, 3.05) is 20.6 Å². The molecule has 0 heterocycles. The predicted octanol–water partition coefficient (Wildman–Crippen LogP) is 1.56. The Labute approximate surface area is 75.8 Å². The van der Waals surface area contributed by atoms with Crippen LogP contribution in [0.3, 0.4) is 0 Å². The average molecular weight is 176 g/mol. The van der Waals surface area contributed by atoms with Crippen molar-refractivity contribution in [1.82, 2.24) is 10.6 Å². The Hall–Kier alpha value is -0.150. The van der Waals surface area contributed by atoms with Crippen LogP contribution in [0, 0.1) is 0 Å². The number of hydrogen-bond donors (Lipinski definition) is 2. The smallest absolute Gasteiger partial charge is 0.0614 e. The van der Waals surface area contributed by atoms with Crippen molar-refractivity contribution in [1.29, 1.82) is 0 Å². The van der Waals surface area contributed by atoms with Gasteiger partial charge in [-0.15, -0.1) is 0 Å². The van der Waals surface area contributed by atoms with Gasteiger partial charge in [0.25, 0.3) is 0 Å². The Morgan fingerprint density at radius 3 is 2.18 bits per heavy atom. The molecule has 0 saturated heterocycles. The van der Waals surface area contributed by atoms with E-state index in [1.54, 1.807) is 5.49 Å². The zero-order valence-corrected chi connectivity index (χ0v) is 8.63. The van der Waals surface area contributed by atoms with Gasteiger partial charge >= 0.3 is 0 Å². The Balaban J connectivity index is 0. The molecule has 0 saturated carbocycles. The molecule has 0 radical (unpaired) electrons. The Kier molecular flexibility index (Phi) is 20.1. The fraction of sp³-hybridized carbons (Fsp3) is 0.875. The summed E-state index contributed by atoms with van der Waals surface area (Å²) in [5.41, 5.74) is 1.58. The van der Waals surface area contributed by atoms with E-state index < -0.39 is 0 Å². The number of hydrogen-bond acceptors (Lipinski definition) is 2. The van der Waals surface area contributed by atoms with Gasteiger partial charge in [0.15, 0.2) is 0 Å². The van der Waals surface area contributed by atoms with Crippen molar-refractivity contribution >= 4 is 17.7 Å². The zero-order valence-electron chi connectivity index (χ0n) is 7.81. The van der Waals surface area contributed by atoms with Crippen LogP contribution >= 0.6 is 12.2 Å². The van der Waals surface area contributed by atoms with Gasteiger partial charge in [0, 0.05) is 6.54 Å². The van der Waals surface area contributed by atoms with Crippen LogP contribution in [0.5, 0.6) is 0 Å². The van der Waals surface area contributed by atoms with Crippen molar-refractivity contribution in [3.8, 4) is 0 Å². The number of thiocarbonyl (C=S) groups is 1. The van der Waals surface area contributed by atoms with Crippen LogP contribution in [0.15, 0.2) is 0 Å². The lowest BCUT2D eigenvalue weighted by atomic mass is 10.2. The summed E-state index contributed by atoms with van der Waals surface area (Å²) in [5.74, 6) is 0. The molecule has 0 aliphatic carbocycles. The Bertz CT molecular complexity index is 67.1. The van der Waals surface area contributed by atoms with Gasteiger partial charge in [-0.3, -0.25) is 0 Å². The zero-order chi connectivity index (χ0) is 8.95. The average Bonchev–Trinajstić information content (AvgIpc) is 2.00. The maximum atomic E-state index is 4.57. The summed E-state index contributed by atoms with van der Waals surface area (Å²) in [6.45, 7) is 3.23. The fourth-order valence-corrected chi connectivity index (χ4v) is 0.654. The normalized spacial score (nSPS) is 7.91. The van der Waals surface area contributed by atoms with E-state index in [1.807, 2.05) is 14.1 Å². The Morgan fingerprint density at radius 2 is 1.82 bits per heavy atom. The first kappa shape index (κ1) is 13.4. The van der Waals surface area contributed by atoms with Gasteiger partial charge in [0.2, 0.25) is 0 Å². The van der Waals surface area contributed by atoms with E-state index in [0.29, 0.717) is 0 Å². The van der Waals surface area contributed by atoms with Gasteiger partial charge < -0.3 is 10.6 Å². The van der Waals surface area contributed by atoms with Crippen LogP contribution in [-0.2, 0) is 0 Å². The van der Waals surface area contributed by atoms with Crippen molar-refractivity contribution in [3.05, 3.63) is 0 Å². The van der Waals surface area contributed by atoms with E-state index in [0.717, 1.165) is 6.54 Å². The summed E-state index contributed by atoms with van der Waals surface area (Å²) >= 11 is 4.57. The minimum absolute atomic E-state index is 1.04. The second kappa shape index (κ2) is 16.4. The standard InChI is InChI=1S/C6H13NS.C2H7N/c1-2-3-4-5-7-6-8;1-3-2/h6H,2-5H2,1H3,(H,7,8);3H,1-2H3. The van der Waals surface area contributed by atoms with Crippen LogP contribution in [0.1, 0.15) is 26.2 Å². The van der Waals surface area contributed by atoms with E-state index in [-0.39, 0.29) is 0 Å². The molecule has 2 N–H and O–H groups in total. The maximum Gasteiger partial charge on any atom is 0.0614 e. The third-order valence-corrected chi connectivity index (χ3v) is 1.17. The van der Waals surface area contributed by atoms with Gasteiger partial charge in [-0.1, -0.05) is 32.0 Å². The van der Waals surface area contributed by atoms with E-state index in [2.05, 4.69) is 29.8 Å². The van der Waals surface area contributed by atoms with Crippen LogP contribution in [0.25, 0.3) is 0 Å². The van der Waals surface area contributed by atoms with Gasteiger partial charge in [-0.05, 0) is 20.5 Å². The molecule has 0 aliphatic heterocycles. The quantitative estimate of drug-likeness (QED) is 0.491. The van der Waals surface area contributed by atoms with Gasteiger partial charge in [-0.2, -0.15) is 0 Å². The number of unbranched alkanes of at least 4 members (excludes halogenated alkanes) is 2. The minimum atomic E-state index is 1.04. The lowest BCUT2D eigenvalue weighted by molar-refractivity contribution is 0.701. The third kappa shape index (κ3) is 25.8. The van der Waals surface area contributed by atoms with Gasteiger partial charge in [0.05, 0.1) is 5.49 Å². The third-order valence-electron chi connectivity index (χ3n) is 1.01. The molecule has 0 unspecified atom stereocenters. The van der Waals surface area contributed by atoms with E-state index in [9.17, 15) is 0 Å². The van der Waals surface area contributed by atoms with Crippen LogP contribution in [0.4, 0.5) is 0 Å². The molecule has 3 heteroatoms. The van der Waals surface area contributed by atoms with Gasteiger partial charge in [0.1, 0.15) is 0 Å². The highest BCUT2D eigenvalue weighted by atomic mass is 32.1. The lowest BCUT2D eigenvalue weighted by Gasteiger charge is -1.95. The topological polar surface area (TPSA) is 24.1 Å². The fourth-order valence-electron chi connectivity index (χ4n) is 0.536. The first-order chi connectivity index (χ1) is 5.33. The van der Waals surface area contributed by atoms with Gasteiger partial charge in [-0.25, -0.2) is 0 Å². The number of rotatable bonds is 5. The SMILES string of the molecule is CCCCCNC=S.CNC. The van der Waals surface area contributed by atoms with Crippen molar-refractivity contribution in [2.24, 2.45) is 0 Å². The molecule has 0 atom stereocenters. The summed E-state index contributed by atoms with van der Waals surface area (Å²) in [6, 6.07) is 0. The molecule has 0 amide bonds. The number of nitrogens with one attached hydrogen (secondary N) is 2. The maximum absolute atomic E-state index is 4.57. The summed E-state index contributed by atoms with van der Waals surface area (Å²) < 4.78 is 0. The molecule has 0 spiro atoms. The molecule has 0 aliphatic rings.